The molecule has 0 radical (unpaired) electrons. The number of carbonyl (C=O) groups is 1. The first-order chi connectivity index (χ1) is 12.9. The smallest absolute Gasteiger partial charge is 0.240 e. The van der Waals surface area contributed by atoms with Crippen LogP contribution in [0.2, 0.25) is 0 Å². The van der Waals surface area contributed by atoms with Crippen molar-refractivity contribution in [2.45, 2.75) is 67.7 Å². The van der Waals surface area contributed by atoms with Crippen molar-refractivity contribution < 1.29 is 27.4 Å². The van der Waals surface area contributed by atoms with Gasteiger partial charge in [-0.3, -0.25) is 4.79 Å². The van der Waals surface area contributed by atoms with Crippen LogP contribution in [0.5, 0.6) is 0 Å². The number of sulfonamides is 1. The first-order valence-corrected chi connectivity index (χ1v) is 10.7. The third-order valence-corrected chi connectivity index (χ3v) is 6.62. The Balaban J connectivity index is 1.56. The molecule has 150 valence electrons. The molecule has 2 fully saturated rings. The molecule has 1 saturated carbocycles. The van der Waals surface area contributed by atoms with Gasteiger partial charge in [-0.05, 0) is 56.4 Å². The van der Waals surface area contributed by atoms with E-state index in [0.717, 1.165) is 31.4 Å². The van der Waals surface area contributed by atoms with E-state index in [9.17, 15) is 22.7 Å². The van der Waals surface area contributed by atoms with Gasteiger partial charge in [0.05, 0.1) is 36.2 Å². The quantitative estimate of drug-likeness (QED) is 0.635. The van der Waals surface area contributed by atoms with Gasteiger partial charge in [-0.1, -0.05) is 0 Å². The van der Waals surface area contributed by atoms with Gasteiger partial charge in [-0.25, -0.2) is 17.5 Å². The molecule has 3 atom stereocenters. The van der Waals surface area contributed by atoms with Gasteiger partial charge in [-0.15, -0.1) is 0 Å². The van der Waals surface area contributed by atoms with Crippen molar-refractivity contribution in [2.75, 3.05) is 6.61 Å². The van der Waals surface area contributed by atoms with E-state index < -0.39 is 28.0 Å². The average Bonchev–Trinajstić information content (AvgIpc) is 2.59. The predicted molar refractivity (Wildman–Crippen MR) is 95.9 cm³/mol. The second-order valence-electron chi connectivity index (χ2n) is 7.14. The summed E-state index contributed by atoms with van der Waals surface area (Å²) >= 11 is 0. The summed E-state index contributed by atoms with van der Waals surface area (Å²) < 4.78 is 46.2. The van der Waals surface area contributed by atoms with Crippen molar-refractivity contribution in [3.05, 3.63) is 30.1 Å². The minimum Gasteiger partial charge on any atom is -0.394 e. The summed E-state index contributed by atoms with van der Waals surface area (Å²) in [6, 6.07) is 4.16. The minimum absolute atomic E-state index is 0.0532. The Hall–Kier alpha value is -1.55. The number of carbonyl (C=O) groups excluding carboxylic acids is 1. The molecule has 1 aliphatic heterocycles. The van der Waals surface area contributed by atoms with Gasteiger partial charge in [0.1, 0.15) is 5.82 Å². The van der Waals surface area contributed by atoms with Crippen LogP contribution in [0.15, 0.2) is 29.2 Å². The molecule has 0 aromatic heterocycles. The average molecular weight is 400 g/mol. The molecule has 1 aromatic carbocycles. The molecule has 27 heavy (non-hydrogen) atoms. The van der Waals surface area contributed by atoms with Gasteiger partial charge in [0.25, 0.3) is 0 Å². The van der Waals surface area contributed by atoms with Crippen LogP contribution in [0.3, 0.4) is 0 Å². The Kier molecular flexibility index (Phi) is 6.46. The van der Waals surface area contributed by atoms with Gasteiger partial charge in [-0.2, -0.15) is 0 Å². The molecular formula is C18H25FN2O5S. The van der Waals surface area contributed by atoms with E-state index in [1.807, 2.05) is 0 Å². The number of aliphatic hydroxyl groups excluding tert-OH is 1. The lowest BCUT2D eigenvalue weighted by atomic mass is 9.92. The Morgan fingerprint density at radius 2 is 1.89 bits per heavy atom. The van der Waals surface area contributed by atoms with Gasteiger partial charge >= 0.3 is 0 Å². The van der Waals surface area contributed by atoms with E-state index in [4.69, 9.17) is 4.74 Å². The topological polar surface area (TPSA) is 105 Å². The van der Waals surface area contributed by atoms with E-state index in [-0.39, 0.29) is 36.0 Å². The van der Waals surface area contributed by atoms with Gasteiger partial charge in [0.15, 0.2) is 0 Å². The molecule has 7 nitrogen and oxygen atoms in total. The fraction of sp³-hybridized carbons (Fsp3) is 0.611. The van der Waals surface area contributed by atoms with Gasteiger partial charge in [0.2, 0.25) is 15.9 Å². The molecule has 1 amide bonds. The number of aliphatic hydroxyl groups is 1. The molecule has 9 heteroatoms. The summed E-state index contributed by atoms with van der Waals surface area (Å²) in [5.74, 6) is -0.599. The van der Waals surface area contributed by atoms with Crippen LogP contribution in [0.4, 0.5) is 4.39 Å². The monoisotopic (exact) mass is 400 g/mol. The molecule has 0 bridgehead atoms. The SMILES string of the molecule is O=C(C[C@H]1CC[C@@H](NS(=O)(=O)c2ccc(F)cc2)[C@@H](CO)O1)NC1CCC1. The van der Waals surface area contributed by atoms with E-state index in [0.29, 0.717) is 12.8 Å². The molecule has 2 aliphatic rings. The zero-order valence-electron chi connectivity index (χ0n) is 14.9. The molecule has 1 aromatic rings. The first-order valence-electron chi connectivity index (χ1n) is 9.21. The second kappa shape index (κ2) is 8.64. The molecule has 3 N–H and O–H groups in total. The van der Waals surface area contributed by atoms with Crippen molar-refractivity contribution in [1.29, 1.82) is 0 Å². The normalized spacial score (nSPS) is 26.4. The molecule has 1 saturated heterocycles. The van der Waals surface area contributed by atoms with Crippen LogP contribution < -0.4 is 10.0 Å². The molecule has 1 heterocycles. The lowest BCUT2D eigenvalue weighted by Crippen LogP contribution is -2.51. The number of hydrogen-bond donors (Lipinski definition) is 3. The van der Waals surface area contributed by atoms with E-state index in [2.05, 4.69) is 10.0 Å². The molecule has 0 unspecified atom stereocenters. The zero-order chi connectivity index (χ0) is 19.4. The summed E-state index contributed by atoms with van der Waals surface area (Å²) in [4.78, 5) is 12.0. The lowest BCUT2D eigenvalue weighted by Gasteiger charge is -2.36. The number of hydrogen-bond acceptors (Lipinski definition) is 5. The summed E-state index contributed by atoms with van der Waals surface area (Å²) in [6.07, 6.45) is 3.19. The van der Waals surface area contributed by atoms with Crippen LogP contribution in [-0.2, 0) is 19.6 Å². The lowest BCUT2D eigenvalue weighted by molar-refractivity contribution is -0.131. The number of amides is 1. The summed E-state index contributed by atoms with van der Waals surface area (Å²) in [7, 11) is -3.86. The number of halogens is 1. The largest absolute Gasteiger partial charge is 0.394 e. The van der Waals surface area contributed by atoms with Crippen molar-refractivity contribution >= 4 is 15.9 Å². The van der Waals surface area contributed by atoms with Crippen LogP contribution in [0.25, 0.3) is 0 Å². The highest BCUT2D eigenvalue weighted by Gasteiger charge is 2.35. The van der Waals surface area contributed by atoms with Crippen molar-refractivity contribution in [3.63, 3.8) is 0 Å². The molecular weight excluding hydrogens is 375 g/mol. The Labute approximate surface area is 158 Å². The standard InChI is InChI=1S/C18H25FN2O5S/c19-12-4-7-15(8-5-12)27(24,25)21-16-9-6-14(26-17(16)11-22)10-18(23)20-13-2-1-3-13/h4-5,7-8,13-14,16-17,21-22H,1-3,6,9-11H2,(H,20,23)/t14-,16-,17-/m1/s1. The van der Waals surface area contributed by atoms with Crippen molar-refractivity contribution in [3.8, 4) is 0 Å². The first kappa shape index (κ1) is 20.2. The summed E-state index contributed by atoms with van der Waals surface area (Å²) in [5.41, 5.74) is 0. The van der Waals surface area contributed by atoms with Crippen molar-refractivity contribution in [2.24, 2.45) is 0 Å². The number of benzene rings is 1. The van der Waals surface area contributed by atoms with Crippen LogP contribution >= 0.6 is 0 Å². The minimum atomic E-state index is -3.86. The van der Waals surface area contributed by atoms with E-state index in [1.54, 1.807) is 0 Å². The summed E-state index contributed by atoms with van der Waals surface area (Å²) in [6.45, 7) is -0.364. The second-order valence-corrected chi connectivity index (χ2v) is 8.85. The third-order valence-electron chi connectivity index (χ3n) is 5.11. The van der Waals surface area contributed by atoms with Crippen molar-refractivity contribution in [1.82, 2.24) is 10.0 Å². The highest BCUT2D eigenvalue weighted by atomic mass is 32.2. The summed E-state index contributed by atoms with van der Waals surface area (Å²) in [5, 5.41) is 12.5. The Bertz CT molecular complexity index is 752. The number of ether oxygens (including phenoxy) is 1. The fourth-order valence-electron chi connectivity index (χ4n) is 3.34. The predicted octanol–water partition coefficient (Wildman–Crippen LogP) is 1.07. The molecule has 3 rings (SSSR count). The highest BCUT2D eigenvalue weighted by molar-refractivity contribution is 7.89. The molecule has 1 aliphatic carbocycles. The van der Waals surface area contributed by atoms with Gasteiger partial charge in [0, 0.05) is 6.04 Å². The number of nitrogens with one attached hydrogen (secondary N) is 2. The Morgan fingerprint density at radius 1 is 1.19 bits per heavy atom. The Morgan fingerprint density at radius 3 is 2.48 bits per heavy atom. The van der Waals surface area contributed by atoms with Gasteiger partial charge < -0.3 is 15.2 Å². The highest BCUT2D eigenvalue weighted by Crippen LogP contribution is 2.24. The van der Waals surface area contributed by atoms with E-state index in [1.165, 1.54) is 12.1 Å². The maximum absolute atomic E-state index is 13.0. The third kappa shape index (κ3) is 5.25. The molecule has 0 spiro atoms. The number of rotatable bonds is 7. The van der Waals surface area contributed by atoms with E-state index >= 15 is 0 Å². The van der Waals surface area contributed by atoms with Crippen LogP contribution in [-0.4, -0.2) is 50.3 Å². The zero-order valence-corrected chi connectivity index (χ0v) is 15.8. The van der Waals surface area contributed by atoms with Crippen LogP contribution in [0, 0.1) is 5.82 Å². The fourth-order valence-corrected chi connectivity index (χ4v) is 4.64. The maximum Gasteiger partial charge on any atom is 0.240 e. The maximum atomic E-state index is 13.0. The van der Waals surface area contributed by atoms with Crippen LogP contribution in [0.1, 0.15) is 38.5 Å².